The molecule has 0 spiro atoms. The Balaban J connectivity index is 1.47. The number of amides is 3. The van der Waals surface area contributed by atoms with Gasteiger partial charge in [0, 0.05) is 31.4 Å². The van der Waals surface area contributed by atoms with Crippen molar-refractivity contribution < 1.29 is 9.59 Å². The van der Waals surface area contributed by atoms with Gasteiger partial charge in [-0.1, -0.05) is 30.3 Å². The molecule has 136 valence electrons. The second-order valence-electron chi connectivity index (χ2n) is 6.81. The lowest BCUT2D eigenvalue weighted by molar-refractivity contribution is -0.114. The summed E-state index contributed by atoms with van der Waals surface area (Å²) >= 11 is 0. The molecule has 2 aromatic carbocycles. The van der Waals surface area contributed by atoms with Crippen LogP contribution in [0.2, 0.25) is 0 Å². The van der Waals surface area contributed by atoms with Gasteiger partial charge in [-0.3, -0.25) is 4.79 Å². The van der Waals surface area contributed by atoms with E-state index in [0.717, 1.165) is 43.7 Å². The number of nitrogens with zero attached hydrogens (tertiary/aromatic N) is 1. The van der Waals surface area contributed by atoms with Crippen LogP contribution in [-0.4, -0.2) is 29.9 Å². The van der Waals surface area contributed by atoms with E-state index < -0.39 is 0 Å². The molecule has 1 saturated heterocycles. The van der Waals surface area contributed by atoms with Crippen LogP contribution < -0.4 is 10.6 Å². The van der Waals surface area contributed by atoms with Crippen molar-refractivity contribution in [2.75, 3.05) is 23.7 Å². The Bertz CT molecular complexity index is 736. The number of benzene rings is 2. The first-order valence-corrected chi connectivity index (χ1v) is 9.07. The molecule has 0 aromatic heterocycles. The van der Waals surface area contributed by atoms with Crippen molar-refractivity contribution in [1.82, 2.24) is 4.90 Å². The zero-order valence-corrected chi connectivity index (χ0v) is 15.1. The van der Waals surface area contributed by atoms with Crippen LogP contribution in [0, 0.1) is 5.92 Å². The number of likely N-dealkylation sites (tertiary alicyclic amines) is 1. The summed E-state index contributed by atoms with van der Waals surface area (Å²) in [5.41, 5.74) is 2.82. The van der Waals surface area contributed by atoms with E-state index in [2.05, 4.69) is 34.9 Å². The molecule has 0 bridgehead atoms. The minimum atomic E-state index is -0.111. The van der Waals surface area contributed by atoms with Crippen LogP contribution in [0.1, 0.15) is 25.3 Å². The van der Waals surface area contributed by atoms with Gasteiger partial charge in [0.2, 0.25) is 5.91 Å². The van der Waals surface area contributed by atoms with Crippen molar-refractivity contribution >= 4 is 23.3 Å². The molecule has 2 N–H and O–H groups in total. The zero-order valence-electron chi connectivity index (χ0n) is 15.1. The largest absolute Gasteiger partial charge is 0.326 e. The van der Waals surface area contributed by atoms with Crippen LogP contribution in [-0.2, 0) is 11.2 Å². The monoisotopic (exact) mass is 351 g/mol. The van der Waals surface area contributed by atoms with Gasteiger partial charge in [-0.25, -0.2) is 4.79 Å². The van der Waals surface area contributed by atoms with Gasteiger partial charge < -0.3 is 15.5 Å². The fraction of sp³-hybridized carbons (Fsp3) is 0.333. The molecule has 5 heteroatoms. The lowest BCUT2D eigenvalue weighted by Gasteiger charge is -2.32. The molecule has 2 aromatic rings. The van der Waals surface area contributed by atoms with Gasteiger partial charge in [-0.2, -0.15) is 0 Å². The summed E-state index contributed by atoms with van der Waals surface area (Å²) in [7, 11) is 0. The number of urea groups is 1. The van der Waals surface area contributed by atoms with Crippen molar-refractivity contribution in [3.8, 4) is 0 Å². The minimum Gasteiger partial charge on any atom is -0.326 e. The van der Waals surface area contributed by atoms with E-state index in [-0.39, 0.29) is 11.9 Å². The topological polar surface area (TPSA) is 61.4 Å². The quantitative estimate of drug-likeness (QED) is 0.870. The zero-order chi connectivity index (χ0) is 18.4. The smallest absolute Gasteiger partial charge is 0.321 e. The maximum atomic E-state index is 12.4. The number of hydrogen-bond donors (Lipinski definition) is 2. The highest BCUT2D eigenvalue weighted by Crippen LogP contribution is 2.22. The number of nitrogens with one attached hydrogen (secondary N) is 2. The summed E-state index contributed by atoms with van der Waals surface area (Å²) in [5, 5.41) is 5.64. The molecule has 5 nitrogen and oxygen atoms in total. The Morgan fingerprint density at radius 1 is 0.923 bits per heavy atom. The summed E-state index contributed by atoms with van der Waals surface area (Å²) in [4.78, 5) is 25.4. The van der Waals surface area contributed by atoms with E-state index in [1.807, 2.05) is 11.0 Å². The summed E-state index contributed by atoms with van der Waals surface area (Å²) in [6, 6.07) is 17.6. The second-order valence-corrected chi connectivity index (χ2v) is 6.81. The van der Waals surface area contributed by atoms with Crippen molar-refractivity contribution in [1.29, 1.82) is 0 Å². The minimum absolute atomic E-state index is 0.0598. The van der Waals surface area contributed by atoms with Crippen LogP contribution in [0.5, 0.6) is 0 Å². The third-order valence-corrected chi connectivity index (χ3v) is 4.73. The Hall–Kier alpha value is -2.82. The molecule has 0 saturated carbocycles. The van der Waals surface area contributed by atoms with Gasteiger partial charge in [-0.15, -0.1) is 0 Å². The molecule has 0 unspecified atom stereocenters. The van der Waals surface area contributed by atoms with Crippen LogP contribution in [0.4, 0.5) is 16.2 Å². The van der Waals surface area contributed by atoms with Gasteiger partial charge in [0.15, 0.2) is 0 Å². The number of carbonyl (C=O) groups excluding carboxylic acids is 2. The number of piperidine rings is 1. The Morgan fingerprint density at radius 2 is 1.50 bits per heavy atom. The number of carbonyl (C=O) groups is 2. The van der Waals surface area contributed by atoms with Crippen molar-refractivity contribution in [2.24, 2.45) is 5.92 Å². The molecule has 0 atom stereocenters. The van der Waals surface area contributed by atoms with E-state index in [1.165, 1.54) is 12.5 Å². The summed E-state index contributed by atoms with van der Waals surface area (Å²) < 4.78 is 0. The maximum Gasteiger partial charge on any atom is 0.321 e. The molecule has 1 aliphatic heterocycles. The normalized spacial score (nSPS) is 14.7. The number of hydrogen-bond acceptors (Lipinski definition) is 2. The fourth-order valence-corrected chi connectivity index (χ4v) is 3.33. The Labute approximate surface area is 154 Å². The molecule has 0 aliphatic carbocycles. The molecular formula is C21H25N3O2. The number of rotatable bonds is 4. The lowest BCUT2D eigenvalue weighted by atomic mass is 9.90. The molecular weight excluding hydrogens is 326 g/mol. The molecule has 3 rings (SSSR count). The van der Waals surface area contributed by atoms with E-state index in [1.54, 1.807) is 24.3 Å². The van der Waals surface area contributed by atoms with Gasteiger partial charge in [-0.05, 0) is 55.0 Å². The summed E-state index contributed by atoms with van der Waals surface area (Å²) in [6.45, 7) is 3.04. The summed E-state index contributed by atoms with van der Waals surface area (Å²) in [6.07, 6.45) is 3.15. The van der Waals surface area contributed by atoms with Gasteiger partial charge in [0.1, 0.15) is 0 Å². The highest BCUT2D eigenvalue weighted by molar-refractivity contribution is 5.91. The highest BCUT2D eigenvalue weighted by Gasteiger charge is 2.22. The van der Waals surface area contributed by atoms with Gasteiger partial charge in [0.25, 0.3) is 0 Å². The first-order chi connectivity index (χ1) is 12.6. The molecule has 1 aliphatic rings. The fourth-order valence-electron chi connectivity index (χ4n) is 3.33. The van der Waals surface area contributed by atoms with Gasteiger partial charge in [0.05, 0.1) is 0 Å². The van der Waals surface area contributed by atoms with Crippen LogP contribution in [0.15, 0.2) is 54.6 Å². The average molecular weight is 351 g/mol. The van der Waals surface area contributed by atoms with E-state index in [9.17, 15) is 9.59 Å². The summed E-state index contributed by atoms with van der Waals surface area (Å²) in [5.74, 6) is 0.526. The highest BCUT2D eigenvalue weighted by atomic mass is 16.2. The van der Waals surface area contributed by atoms with E-state index in [0.29, 0.717) is 5.92 Å². The first-order valence-electron chi connectivity index (χ1n) is 9.07. The number of anilines is 2. The Morgan fingerprint density at radius 3 is 2.08 bits per heavy atom. The lowest BCUT2D eigenvalue weighted by Crippen LogP contribution is -2.41. The van der Waals surface area contributed by atoms with Crippen LogP contribution >= 0.6 is 0 Å². The molecule has 3 amide bonds. The SMILES string of the molecule is CC(=O)Nc1ccc(NC(=O)N2CCC(Cc3ccccc3)CC2)cc1. The predicted molar refractivity (Wildman–Crippen MR) is 104 cm³/mol. The second kappa shape index (κ2) is 8.52. The standard InChI is InChI=1S/C21H25N3O2/c1-16(25)22-19-7-9-20(10-8-19)23-21(26)24-13-11-18(12-14-24)15-17-5-3-2-4-6-17/h2-10,18H,11-15H2,1H3,(H,22,25)(H,23,26). The third-order valence-electron chi connectivity index (χ3n) is 4.73. The van der Waals surface area contributed by atoms with E-state index in [4.69, 9.17) is 0 Å². The third kappa shape index (κ3) is 5.09. The molecule has 1 heterocycles. The first kappa shape index (κ1) is 18.0. The van der Waals surface area contributed by atoms with Crippen LogP contribution in [0.25, 0.3) is 0 Å². The van der Waals surface area contributed by atoms with E-state index >= 15 is 0 Å². The van der Waals surface area contributed by atoms with Crippen molar-refractivity contribution in [3.05, 3.63) is 60.2 Å². The Kier molecular flexibility index (Phi) is 5.89. The molecule has 0 radical (unpaired) electrons. The maximum absolute atomic E-state index is 12.4. The van der Waals surface area contributed by atoms with Crippen LogP contribution in [0.3, 0.4) is 0 Å². The molecule has 1 fully saturated rings. The van der Waals surface area contributed by atoms with Crippen molar-refractivity contribution in [2.45, 2.75) is 26.2 Å². The van der Waals surface area contributed by atoms with Crippen molar-refractivity contribution in [3.63, 3.8) is 0 Å². The molecule has 26 heavy (non-hydrogen) atoms. The van der Waals surface area contributed by atoms with Gasteiger partial charge >= 0.3 is 6.03 Å². The predicted octanol–water partition coefficient (Wildman–Crippen LogP) is 4.13. The average Bonchev–Trinajstić information content (AvgIpc) is 2.64.